The largest absolute Gasteiger partial charge is 0.508 e. The van der Waals surface area contributed by atoms with Crippen LogP contribution in [0.25, 0.3) is 10.9 Å². The number of aromatic hydroxyl groups is 3. The number of carbonyl (C=O) groups excluding carboxylic acids is 1. The van der Waals surface area contributed by atoms with Crippen molar-refractivity contribution in [2.75, 3.05) is 6.54 Å². The molecule has 0 atom stereocenters. The number of hydrogen-bond acceptors (Lipinski definition) is 4. The average Bonchev–Trinajstić information content (AvgIpc) is 2.94. The summed E-state index contributed by atoms with van der Waals surface area (Å²) in [6.45, 7) is 0.512. The summed E-state index contributed by atoms with van der Waals surface area (Å²) in [5, 5.41) is 32.2. The number of amides is 1. The number of phenolic OH excluding ortho intramolecular Hbond substituents is 3. The number of nitrogens with one attached hydrogen (secondary N) is 2. The number of aromatic nitrogens is 1. The predicted octanol–water partition coefficient (Wildman–Crippen LogP) is 2.58. The SMILES string of the molecule is O=C(CCc1cc(O)cc(O)c1)NCCc1c[nH]c2cc(O)ccc12. The van der Waals surface area contributed by atoms with Crippen LogP contribution in [0.5, 0.6) is 17.2 Å². The molecule has 0 saturated carbocycles. The summed E-state index contributed by atoms with van der Waals surface area (Å²) in [4.78, 5) is 15.1. The van der Waals surface area contributed by atoms with Gasteiger partial charge >= 0.3 is 0 Å². The molecule has 0 fully saturated rings. The Kier molecular flexibility index (Phi) is 4.79. The standard InChI is InChI=1S/C19H20N2O4/c22-14-2-3-17-13(11-21-18(17)10-14)5-6-20-19(25)4-1-12-7-15(23)9-16(24)8-12/h2-3,7-11,21-24H,1,4-6H2,(H,20,25). The average molecular weight is 340 g/mol. The fourth-order valence-corrected chi connectivity index (χ4v) is 2.86. The summed E-state index contributed by atoms with van der Waals surface area (Å²) in [6.07, 6.45) is 3.29. The van der Waals surface area contributed by atoms with E-state index in [4.69, 9.17) is 0 Å². The quantitative estimate of drug-likeness (QED) is 0.475. The maximum Gasteiger partial charge on any atom is 0.220 e. The summed E-state index contributed by atoms with van der Waals surface area (Å²) in [7, 11) is 0. The molecule has 0 aliphatic carbocycles. The van der Waals surface area contributed by atoms with Crippen LogP contribution in [0.3, 0.4) is 0 Å². The first-order chi connectivity index (χ1) is 12.0. The van der Waals surface area contributed by atoms with E-state index >= 15 is 0 Å². The normalized spacial score (nSPS) is 10.9. The van der Waals surface area contributed by atoms with Crippen molar-refractivity contribution in [2.45, 2.75) is 19.3 Å². The van der Waals surface area contributed by atoms with Gasteiger partial charge in [-0.05, 0) is 48.2 Å². The van der Waals surface area contributed by atoms with Crippen molar-refractivity contribution in [3.05, 3.63) is 53.7 Å². The van der Waals surface area contributed by atoms with Crippen molar-refractivity contribution in [3.63, 3.8) is 0 Å². The molecule has 25 heavy (non-hydrogen) atoms. The molecule has 0 aliphatic heterocycles. The number of phenols is 3. The maximum absolute atomic E-state index is 11.9. The zero-order chi connectivity index (χ0) is 17.8. The minimum atomic E-state index is -0.0830. The summed E-state index contributed by atoms with van der Waals surface area (Å²) < 4.78 is 0. The fourth-order valence-electron chi connectivity index (χ4n) is 2.86. The van der Waals surface area contributed by atoms with Gasteiger partial charge in [-0.15, -0.1) is 0 Å². The summed E-state index contributed by atoms with van der Waals surface area (Å²) in [5.74, 6) is 0.106. The summed E-state index contributed by atoms with van der Waals surface area (Å²) >= 11 is 0. The Bertz CT molecular complexity index is 881. The van der Waals surface area contributed by atoms with Gasteiger partial charge in [0.1, 0.15) is 17.2 Å². The molecule has 0 unspecified atom stereocenters. The van der Waals surface area contributed by atoms with Gasteiger partial charge in [-0.1, -0.05) is 0 Å². The molecule has 6 nitrogen and oxygen atoms in total. The van der Waals surface area contributed by atoms with Gasteiger partial charge in [-0.3, -0.25) is 4.79 Å². The second-order valence-electron chi connectivity index (χ2n) is 6.00. The minimum Gasteiger partial charge on any atom is -0.508 e. The lowest BCUT2D eigenvalue weighted by molar-refractivity contribution is -0.121. The van der Waals surface area contributed by atoms with Crippen molar-refractivity contribution in [1.29, 1.82) is 0 Å². The van der Waals surface area contributed by atoms with E-state index in [9.17, 15) is 20.1 Å². The molecule has 0 bridgehead atoms. The Morgan fingerprint density at radius 3 is 2.48 bits per heavy atom. The van der Waals surface area contributed by atoms with Gasteiger partial charge in [-0.2, -0.15) is 0 Å². The summed E-state index contributed by atoms with van der Waals surface area (Å²) in [6, 6.07) is 9.49. The van der Waals surface area contributed by atoms with Crippen LogP contribution in [0, 0.1) is 0 Å². The van der Waals surface area contributed by atoms with Gasteiger partial charge in [0.05, 0.1) is 0 Å². The van der Waals surface area contributed by atoms with Crippen LogP contribution in [-0.4, -0.2) is 32.8 Å². The second kappa shape index (κ2) is 7.17. The van der Waals surface area contributed by atoms with E-state index in [2.05, 4.69) is 10.3 Å². The Morgan fingerprint density at radius 2 is 1.72 bits per heavy atom. The lowest BCUT2D eigenvalue weighted by Gasteiger charge is -2.06. The molecule has 0 aliphatic rings. The van der Waals surface area contributed by atoms with Crippen LogP contribution in [-0.2, 0) is 17.6 Å². The molecule has 5 N–H and O–H groups in total. The van der Waals surface area contributed by atoms with E-state index in [-0.39, 0.29) is 29.6 Å². The first kappa shape index (κ1) is 16.7. The number of benzene rings is 2. The molecule has 6 heteroatoms. The van der Waals surface area contributed by atoms with Gasteiger partial charge in [0.25, 0.3) is 0 Å². The highest BCUT2D eigenvalue weighted by Crippen LogP contribution is 2.23. The van der Waals surface area contributed by atoms with Gasteiger partial charge in [0.2, 0.25) is 5.91 Å². The Hall–Kier alpha value is -3.15. The van der Waals surface area contributed by atoms with Crippen molar-refractivity contribution in [3.8, 4) is 17.2 Å². The van der Waals surface area contributed by atoms with Gasteiger partial charge in [0.15, 0.2) is 0 Å². The smallest absolute Gasteiger partial charge is 0.220 e. The minimum absolute atomic E-state index is 0.0132. The topological polar surface area (TPSA) is 106 Å². The Labute approximate surface area is 144 Å². The number of rotatable bonds is 6. The number of aryl methyl sites for hydroxylation is 1. The second-order valence-corrected chi connectivity index (χ2v) is 6.00. The van der Waals surface area contributed by atoms with E-state index in [1.807, 2.05) is 12.3 Å². The zero-order valence-electron chi connectivity index (χ0n) is 13.6. The lowest BCUT2D eigenvalue weighted by Crippen LogP contribution is -2.25. The molecule has 1 aromatic heterocycles. The molecule has 1 amide bonds. The van der Waals surface area contributed by atoms with Crippen molar-refractivity contribution in [2.24, 2.45) is 0 Å². The molecular weight excluding hydrogens is 320 g/mol. The lowest BCUT2D eigenvalue weighted by atomic mass is 10.1. The predicted molar refractivity (Wildman–Crippen MR) is 94.8 cm³/mol. The first-order valence-corrected chi connectivity index (χ1v) is 8.09. The van der Waals surface area contributed by atoms with Crippen LogP contribution in [0.15, 0.2) is 42.6 Å². The third-order valence-electron chi connectivity index (χ3n) is 4.07. The zero-order valence-corrected chi connectivity index (χ0v) is 13.6. The van der Waals surface area contributed by atoms with Crippen LogP contribution >= 0.6 is 0 Å². The molecule has 0 radical (unpaired) electrons. The number of hydrogen-bond donors (Lipinski definition) is 5. The fraction of sp³-hybridized carbons (Fsp3) is 0.211. The van der Waals surface area contributed by atoms with E-state index in [1.165, 1.54) is 18.2 Å². The number of H-pyrrole nitrogens is 1. The highest BCUT2D eigenvalue weighted by atomic mass is 16.3. The molecule has 2 aromatic carbocycles. The van der Waals surface area contributed by atoms with E-state index in [0.717, 1.165) is 16.5 Å². The Balaban J connectivity index is 1.49. The number of aromatic amines is 1. The highest BCUT2D eigenvalue weighted by molar-refractivity contribution is 5.84. The van der Waals surface area contributed by atoms with Gasteiger partial charge in [-0.25, -0.2) is 0 Å². The number of fused-ring (bicyclic) bond motifs is 1. The van der Waals surface area contributed by atoms with Crippen LogP contribution in [0.1, 0.15) is 17.5 Å². The third-order valence-corrected chi connectivity index (χ3v) is 4.07. The maximum atomic E-state index is 11.9. The molecule has 130 valence electrons. The number of carbonyl (C=O) groups is 1. The van der Waals surface area contributed by atoms with Crippen molar-refractivity contribution < 1.29 is 20.1 Å². The molecule has 3 aromatic rings. The van der Waals surface area contributed by atoms with E-state index in [0.29, 0.717) is 24.9 Å². The van der Waals surface area contributed by atoms with Crippen LogP contribution in [0.2, 0.25) is 0 Å². The van der Waals surface area contributed by atoms with Crippen molar-refractivity contribution >= 4 is 16.8 Å². The first-order valence-electron chi connectivity index (χ1n) is 8.09. The molecule has 0 saturated heterocycles. The molecule has 0 spiro atoms. The van der Waals surface area contributed by atoms with Crippen LogP contribution in [0.4, 0.5) is 0 Å². The Morgan fingerprint density at radius 1 is 0.960 bits per heavy atom. The molecule has 3 rings (SSSR count). The van der Waals surface area contributed by atoms with Crippen molar-refractivity contribution in [1.82, 2.24) is 10.3 Å². The van der Waals surface area contributed by atoms with Crippen LogP contribution < -0.4 is 5.32 Å². The van der Waals surface area contributed by atoms with E-state index < -0.39 is 0 Å². The van der Waals surface area contributed by atoms with Gasteiger partial charge in [0, 0.05) is 42.2 Å². The summed E-state index contributed by atoms with van der Waals surface area (Å²) in [5.41, 5.74) is 2.65. The highest BCUT2D eigenvalue weighted by Gasteiger charge is 2.07. The van der Waals surface area contributed by atoms with Gasteiger partial charge < -0.3 is 25.6 Å². The molecular formula is C19H20N2O4. The molecule has 1 heterocycles. The monoisotopic (exact) mass is 340 g/mol. The van der Waals surface area contributed by atoms with E-state index in [1.54, 1.807) is 12.1 Å². The third kappa shape index (κ3) is 4.23.